The predicted octanol–water partition coefficient (Wildman–Crippen LogP) is 1.79. The molecule has 0 atom stereocenters. The van der Waals surface area contributed by atoms with Crippen LogP contribution in [0.25, 0.3) is 0 Å². The van der Waals surface area contributed by atoms with E-state index >= 15 is 0 Å². The zero-order valence-corrected chi connectivity index (χ0v) is 12.3. The molecule has 1 aromatic rings. The molecule has 1 aromatic heterocycles. The number of carboxylic acids is 1. The second-order valence-electron chi connectivity index (χ2n) is 4.55. The van der Waals surface area contributed by atoms with E-state index in [2.05, 4.69) is 9.88 Å². The van der Waals surface area contributed by atoms with E-state index in [4.69, 9.17) is 5.11 Å². The SMILES string of the molecule is CCCc1nc(N(C)CCN(C)C)sc1C(=O)O. The van der Waals surface area contributed by atoms with Crippen molar-refractivity contribution in [3.05, 3.63) is 10.6 Å². The first-order valence-corrected chi connectivity index (χ1v) is 6.86. The van der Waals surface area contributed by atoms with Gasteiger partial charge < -0.3 is 14.9 Å². The van der Waals surface area contributed by atoms with Crippen LogP contribution in [0, 0.1) is 0 Å². The molecule has 0 spiro atoms. The summed E-state index contributed by atoms with van der Waals surface area (Å²) < 4.78 is 0. The maximum atomic E-state index is 11.1. The Morgan fingerprint density at radius 2 is 2.00 bits per heavy atom. The van der Waals surface area contributed by atoms with E-state index in [-0.39, 0.29) is 0 Å². The number of anilines is 1. The maximum absolute atomic E-state index is 11.1. The molecular weight excluding hydrogens is 250 g/mol. The molecule has 0 aliphatic carbocycles. The number of carboxylic acid groups (broad SMARTS) is 1. The Balaban J connectivity index is 2.82. The van der Waals surface area contributed by atoms with Crippen molar-refractivity contribution in [1.82, 2.24) is 9.88 Å². The van der Waals surface area contributed by atoms with Gasteiger partial charge in [0.1, 0.15) is 4.88 Å². The topological polar surface area (TPSA) is 56.7 Å². The molecule has 1 N–H and O–H groups in total. The first-order chi connectivity index (χ1) is 8.45. The van der Waals surface area contributed by atoms with Crippen molar-refractivity contribution in [3.63, 3.8) is 0 Å². The second kappa shape index (κ2) is 6.70. The van der Waals surface area contributed by atoms with E-state index in [9.17, 15) is 4.79 Å². The molecule has 0 saturated carbocycles. The van der Waals surface area contributed by atoms with Crippen molar-refractivity contribution in [2.45, 2.75) is 19.8 Å². The summed E-state index contributed by atoms with van der Waals surface area (Å²) in [5.74, 6) is -0.872. The Hall–Kier alpha value is -1.14. The number of aromatic carboxylic acids is 1. The average Bonchev–Trinajstić information content (AvgIpc) is 2.70. The molecule has 6 heteroatoms. The minimum Gasteiger partial charge on any atom is -0.477 e. The Bertz CT molecular complexity index is 404. The van der Waals surface area contributed by atoms with Gasteiger partial charge in [-0.1, -0.05) is 24.7 Å². The van der Waals surface area contributed by atoms with Crippen molar-refractivity contribution < 1.29 is 9.90 Å². The second-order valence-corrected chi connectivity index (χ2v) is 5.53. The van der Waals surface area contributed by atoms with Crippen molar-refractivity contribution in [2.24, 2.45) is 0 Å². The van der Waals surface area contributed by atoms with Crippen LogP contribution in [0.2, 0.25) is 0 Å². The van der Waals surface area contributed by atoms with Gasteiger partial charge in [-0.2, -0.15) is 0 Å². The van der Waals surface area contributed by atoms with E-state index in [0.717, 1.165) is 31.1 Å². The van der Waals surface area contributed by atoms with Crippen LogP contribution in [0.15, 0.2) is 0 Å². The van der Waals surface area contributed by atoms with E-state index in [1.165, 1.54) is 11.3 Å². The summed E-state index contributed by atoms with van der Waals surface area (Å²) in [6.07, 6.45) is 1.63. The molecule has 0 unspecified atom stereocenters. The molecule has 102 valence electrons. The number of thiazole rings is 1. The van der Waals surface area contributed by atoms with Crippen LogP contribution in [0.1, 0.15) is 28.7 Å². The molecule has 0 bridgehead atoms. The van der Waals surface area contributed by atoms with Gasteiger partial charge in [0.2, 0.25) is 0 Å². The lowest BCUT2D eigenvalue weighted by Crippen LogP contribution is -2.28. The van der Waals surface area contributed by atoms with E-state index in [1.54, 1.807) is 0 Å². The molecule has 0 fully saturated rings. The van der Waals surface area contributed by atoms with Crippen LogP contribution in [-0.2, 0) is 6.42 Å². The Morgan fingerprint density at radius 1 is 1.33 bits per heavy atom. The third-order valence-corrected chi connectivity index (χ3v) is 3.78. The normalized spacial score (nSPS) is 10.9. The van der Waals surface area contributed by atoms with Crippen molar-refractivity contribution in [1.29, 1.82) is 0 Å². The Kier molecular flexibility index (Phi) is 5.55. The number of aromatic nitrogens is 1. The zero-order chi connectivity index (χ0) is 13.7. The standard InChI is InChI=1S/C12H21N3O2S/c1-5-6-9-10(11(16)17)18-12(13-9)15(4)8-7-14(2)3/h5-8H2,1-4H3,(H,16,17). The summed E-state index contributed by atoms with van der Waals surface area (Å²) >= 11 is 1.26. The van der Waals surface area contributed by atoms with Crippen LogP contribution in [-0.4, -0.2) is 55.2 Å². The highest BCUT2D eigenvalue weighted by molar-refractivity contribution is 7.17. The summed E-state index contributed by atoms with van der Waals surface area (Å²) in [5.41, 5.74) is 0.710. The lowest BCUT2D eigenvalue weighted by molar-refractivity contribution is 0.0700. The highest BCUT2D eigenvalue weighted by Crippen LogP contribution is 2.26. The molecule has 0 aliphatic heterocycles. The number of hydrogen-bond acceptors (Lipinski definition) is 5. The number of hydrogen-bond donors (Lipinski definition) is 1. The smallest absolute Gasteiger partial charge is 0.347 e. The van der Waals surface area contributed by atoms with E-state index in [0.29, 0.717) is 10.6 Å². The van der Waals surface area contributed by atoms with Gasteiger partial charge in [0.05, 0.1) is 5.69 Å². The maximum Gasteiger partial charge on any atom is 0.347 e. The third-order valence-electron chi connectivity index (χ3n) is 2.58. The lowest BCUT2D eigenvalue weighted by Gasteiger charge is -2.18. The largest absolute Gasteiger partial charge is 0.477 e. The van der Waals surface area contributed by atoms with Crippen molar-refractivity contribution in [3.8, 4) is 0 Å². The van der Waals surface area contributed by atoms with Crippen LogP contribution < -0.4 is 4.90 Å². The number of carbonyl (C=O) groups is 1. The first kappa shape index (κ1) is 14.9. The van der Waals surface area contributed by atoms with Gasteiger partial charge in [-0.25, -0.2) is 9.78 Å². The van der Waals surface area contributed by atoms with E-state index < -0.39 is 5.97 Å². The minimum atomic E-state index is -0.872. The summed E-state index contributed by atoms with van der Waals surface area (Å²) in [4.78, 5) is 20.1. The summed E-state index contributed by atoms with van der Waals surface area (Å²) in [6.45, 7) is 3.78. The first-order valence-electron chi connectivity index (χ1n) is 6.04. The molecule has 0 aromatic carbocycles. The third kappa shape index (κ3) is 3.96. The average molecular weight is 271 g/mol. The number of nitrogens with zero attached hydrogens (tertiary/aromatic N) is 3. The summed E-state index contributed by atoms with van der Waals surface area (Å²) in [5, 5.41) is 9.94. The van der Waals surface area contributed by atoms with Gasteiger partial charge in [-0.3, -0.25) is 0 Å². The molecule has 0 amide bonds. The Labute approximate surface area is 112 Å². The number of rotatable bonds is 7. The van der Waals surface area contributed by atoms with Crippen LogP contribution in [0.3, 0.4) is 0 Å². The van der Waals surface area contributed by atoms with Crippen LogP contribution in [0.5, 0.6) is 0 Å². The van der Waals surface area contributed by atoms with E-state index in [1.807, 2.05) is 33.0 Å². The van der Waals surface area contributed by atoms with Gasteiger partial charge >= 0.3 is 5.97 Å². The fraction of sp³-hybridized carbons (Fsp3) is 0.667. The van der Waals surface area contributed by atoms with Gasteiger partial charge in [0.25, 0.3) is 0 Å². The minimum absolute atomic E-state index is 0.378. The molecule has 5 nitrogen and oxygen atoms in total. The molecule has 1 heterocycles. The van der Waals surface area contributed by atoms with Crippen molar-refractivity contribution >= 4 is 22.4 Å². The number of likely N-dealkylation sites (N-methyl/N-ethyl adjacent to an activating group) is 2. The van der Waals surface area contributed by atoms with Gasteiger partial charge in [0, 0.05) is 20.1 Å². The Morgan fingerprint density at radius 3 is 2.50 bits per heavy atom. The molecule has 0 radical (unpaired) electrons. The molecule has 18 heavy (non-hydrogen) atoms. The van der Waals surface area contributed by atoms with Crippen LogP contribution >= 0.6 is 11.3 Å². The van der Waals surface area contributed by atoms with Gasteiger partial charge in [0.15, 0.2) is 5.13 Å². The highest BCUT2D eigenvalue weighted by atomic mass is 32.1. The lowest BCUT2D eigenvalue weighted by atomic mass is 10.2. The quantitative estimate of drug-likeness (QED) is 0.819. The fourth-order valence-electron chi connectivity index (χ4n) is 1.52. The molecule has 0 aliphatic rings. The molecule has 1 rings (SSSR count). The number of aryl methyl sites for hydroxylation is 1. The monoisotopic (exact) mass is 271 g/mol. The predicted molar refractivity (Wildman–Crippen MR) is 74.9 cm³/mol. The highest BCUT2D eigenvalue weighted by Gasteiger charge is 2.18. The summed E-state index contributed by atoms with van der Waals surface area (Å²) in [7, 11) is 5.98. The van der Waals surface area contributed by atoms with Crippen LogP contribution in [0.4, 0.5) is 5.13 Å². The summed E-state index contributed by atoms with van der Waals surface area (Å²) in [6, 6.07) is 0. The zero-order valence-electron chi connectivity index (χ0n) is 11.4. The van der Waals surface area contributed by atoms with Gasteiger partial charge in [-0.05, 0) is 20.5 Å². The van der Waals surface area contributed by atoms with Gasteiger partial charge in [-0.15, -0.1) is 0 Å². The fourth-order valence-corrected chi connectivity index (χ4v) is 2.46. The van der Waals surface area contributed by atoms with Crippen molar-refractivity contribution in [2.75, 3.05) is 39.1 Å². The molecular formula is C12H21N3O2S. The molecule has 0 saturated heterocycles.